The molecule has 0 N–H and O–H groups in total. The minimum atomic E-state index is -0.373. The standard InChI is InChI=1S/C47H33N3O3S/c1-28-4-10-31(11-5-28)44-36-20-22-38(48-36)46(33-14-8-30(3)9-15-33)42-26-27-43(54-42)47(34-16-18-35(19-17-34)50(51)52)39-23-21-37(49-39)45(41-25-24-40(44)53-41)32-12-6-29(2)7-13-32/h4-27H,1-3H3. The molecule has 4 aromatic carbocycles. The molecule has 7 heteroatoms. The fraction of sp³-hybridized carbons (Fsp3) is 0.0638. The van der Waals surface area contributed by atoms with Crippen molar-refractivity contribution in [3.63, 3.8) is 0 Å². The van der Waals surface area contributed by atoms with Gasteiger partial charge in [0, 0.05) is 32.7 Å². The average molecular weight is 720 g/mol. The number of furan rings is 1. The first kappa shape index (κ1) is 33.2. The van der Waals surface area contributed by atoms with Crippen LogP contribution in [0.2, 0.25) is 0 Å². The highest BCUT2D eigenvalue weighted by Gasteiger charge is 2.20. The fourth-order valence-electron chi connectivity index (χ4n) is 7.07. The third-order valence-electron chi connectivity index (χ3n) is 9.89. The molecule has 8 bridgehead atoms. The van der Waals surface area contributed by atoms with Crippen LogP contribution < -0.4 is 0 Å². The molecule has 5 heterocycles. The number of aryl methyl sites for hydroxylation is 3. The van der Waals surface area contributed by atoms with Gasteiger partial charge >= 0.3 is 0 Å². The summed E-state index contributed by atoms with van der Waals surface area (Å²) in [7, 11) is 0. The molecule has 0 saturated heterocycles. The van der Waals surface area contributed by atoms with E-state index in [1.807, 2.05) is 24.3 Å². The number of hydrogen-bond acceptors (Lipinski definition) is 6. The molecule has 3 aromatic heterocycles. The van der Waals surface area contributed by atoms with Gasteiger partial charge in [0.25, 0.3) is 5.69 Å². The molecule has 0 amide bonds. The summed E-state index contributed by atoms with van der Waals surface area (Å²) < 4.78 is 8.91. The summed E-state index contributed by atoms with van der Waals surface area (Å²) in [5, 5.41) is 11.6. The lowest BCUT2D eigenvalue weighted by molar-refractivity contribution is -0.384. The van der Waals surface area contributed by atoms with E-state index in [4.69, 9.17) is 14.4 Å². The minimum Gasteiger partial charge on any atom is -0.456 e. The van der Waals surface area contributed by atoms with Crippen LogP contribution >= 0.6 is 11.3 Å². The zero-order chi connectivity index (χ0) is 36.9. The quantitative estimate of drug-likeness (QED) is 0.131. The second kappa shape index (κ2) is 13.4. The number of nitrogens with zero attached hydrogens (tertiary/aromatic N) is 3. The van der Waals surface area contributed by atoms with Gasteiger partial charge in [0.1, 0.15) is 11.2 Å². The number of nitro groups is 1. The van der Waals surface area contributed by atoms with Crippen molar-refractivity contribution in [2.45, 2.75) is 20.8 Å². The molecule has 2 aliphatic heterocycles. The molecule has 0 spiro atoms. The Kier molecular flexibility index (Phi) is 8.21. The Morgan fingerprint density at radius 1 is 0.463 bits per heavy atom. The number of thiophene rings is 1. The summed E-state index contributed by atoms with van der Waals surface area (Å²) >= 11 is 1.66. The van der Waals surface area contributed by atoms with Gasteiger partial charge in [-0.1, -0.05) is 89.5 Å². The zero-order valence-corrected chi connectivity index (χ0v) is 30.6. The van der Waals surface area contributed by atoms with Gasteiger partial charge in [-0.15, -0.1) is 11.3 Å². The molecule has 0 saturated carbocycles. The van der Waals surface area contributed by atoms with Gasteiger partial charge in [0.05, 0.1) is 38.8 Å². The Balaban J connectivity index is 1.45. The molecule has 0 unspecified atom stereocenters. The molecule has 260 valence electrons. The van der Waals surface area contributed by atoms with E-state index in [0.717, 1.165) is 82.2 Å². The van der Waals surface area contributed by atoms with E-state index < -0.39 is 0 Å². The molecule has 54 heavy (non-hydrogen) atoms. The van der Waals surface area contributed by atoms with Gasteiger partial charge in [0.2, 0.25) is 0 Å². The molecular weight excluding hydrogens is 687 g/mol. The SMILES string of the molecule is Cc1ccc(-c2c3nc(c(-c4ccc(C)cc4)c4ccc(s4)c(-c4ccc([N+](=O)[O-])cc4)c4nc(c(-c5ccc(C)cc5)c5ccc2o5)C=C4)C=C3)cc1. The van der Waals surface area contributed by atoms with Crippen molar-refractivity contribution in [3.05, 3.63) is 171 Å². The first-order chi connectivity index (χ1) is 26.3. The van der Waals surface area contributed by atoms with Crippen LogP contribution in [0.25, 0.3) is 89.4 Å². The number of hydrogen-bond donors (Lipinski definition) is 0. The number of aromatic nitrogens is 2. The van der Waals surface area contributed by atoms with Crippen LogP contribution in [-0.4, -0.2) is 14.9 Å². The topological polar surface area (TPSA) is 82.1 Å². The fourth-order valence-corrected chi connectivity index (χ4v) is 8.23. The first-order valence-electron chi connectivity index (χ1n) is 17.7. The maximum absolute atomic E-state index is 11.6. The van der Waals surface area contributed by atoms with E-state index in [-0.39, 0.29) is 10.6 Å². The van der Waals surface area contributed by atoms with Crippen LogP contribution in [0, 0.1) is 30.9 Å². The Hall–Kier alpha value is -6.70. The molecule has 7 aromatic rings. The largest absolute Gasteiger partial charge is 0.456 e. The van der Waals surface area contributed by atoms with Gasteiger partial charge in [-0.05, 0) is 104 Å². The monoisotopic (exact) mass is 719 g/mol. The first-order valence-corrected chi connectivity index (χ1v) is 18.5. The predicted molar refractivity (Wildman–Crippen MR) is 223 cm³/mol. The summed E-state index contributed by atoms with van der Waals surface area (Å²) in [6.07, 6.45) is 8.23. The second-order valence-electron chi connectivity index (χ2n) is 13.7. The third-order valence-corrected chi connectivity index (χ3v) is 11.0. The minimum absolute atomic E-state index is 0.0362. The van der Waals surface area contributed by atoms with E-state index in [2.05, 4.69) is 118 Å². The Morgan fingerprint density at radius 2 is 0.796 bits per heavy atom. The maximum atomic E-state index is 11.6. The van der Waals surface area contributed by atoms with Gasteiger partial charge < -0.3 is 4.42 Å². The summed E-state index contributed by atoms with van der Waals surface area (Å²) in [5.74, 6) is 0. The Labute approximate surface area is 316 Å². The van der Waals surface area contributed by atoms with Crippen LogP contribution in [0.15, 0.2) is 126 Å². The van der Waals surface area contributed by atoms with E-state index in [9.17, 15) is 10.1 Å². The summed E-state index contributed by atoms with van der Waals surface area (Å²) in [6.45, 7) is 6.25. The Bertz CT molecular complexity index is 2800. The summed E-state index contributed by atoms with van der Waals surface area (Å²) in [6, 6.07) is 40.4. The predicted octanol–water partition coefficient (Wildman–Crippen LogP) is 13.2. The number of non-ortho nitro benzene ring substituents is 1. The normalized spacial score (nSPS) is 12.0. The Morgan fingerprint density at radius 3 is 1.17 bits per heavy atom. The maximum Gasteiger partial charge on any atom is 0.269 e. The molecule has 9 rings (SSSR count). The summed E-state index contributed by atoms with van der Waals surface area (Å²) in [5.41, 5.74) is 15.7. The number of nitro benzene ring substituents is 1. The van der Waals surface area contributed by atoms with Crippen molar-refractivity contribution >= 4 is 61.9 Å². The lowest BCUT2D eigenvalue weighted by Gasteiger charge is -2.06. The van der Waals surface area contributed by atoms with Crippen LogP contribution in [0.3, 0.4) is 0 Å². The lowest BCUT2D eigenvalue weighted by Crippen LogP contribution is -1.89. The van der Waals surface area contributed by atoms with Crippen molar-refractivity contribution in [1.82, 2.24) is 9.97 Å². The molecule has 0 atom stereocenters. The van der Waals surface area contributed by atoms with E-state index >= 15 is 0 Å². The molecular formula is C47H33N3O3S. The van der Waals surface area contributed by atoms with E-state index in [1.54, 1.807) is 35.6 Å². The molecule has 0 aliphatic carbocycles. The highest BCUT2D eigenvalue weighted by atomic mass is 32.1. The molecule has 0 radical (unpaired) electrons. The van der Waals surface area contributed by atoms with Gasteiger partial charge in [-0.2, -0.15) is 0 Å². The van der Waals surface area contributed by atoms with Crippen LogP contribution in [0.1, 0.15) is 39.5 Å². The second-order valence-corrected chi connectivity index (χ2v) is 14.7. The van der Waals surface area contributed by atoms with Gasteiger partial charge in [0.15, 0.2) is 0 Å². The van der Waals surface area contributed by atoms with Crippen molar-refractivity contribution in [2.75, 3.05) is 0 Å². The van der Waals surface area contributed by atoms with Gasteiger partial charge in [-0.25, -0.2) is 9.97 Å². The number of rotatable bonds is 5. The average Bonchev–Trinajstić information content (AvgIpc) is 4.02. The number of benzene rings is 4. The number of fused-ring (bicyclic) bond motifs is 8. The highest BCUT2D eigenvalue weighted by molar-refractivity contribution is 7.24. The molecule has 0 fully saturated rings. The molecule has 2 aliphatic rings. The van der Waals surface area contributed by atoms with E-state index in [1.165, 1.54) is 11.1 Å². The van der Waals surface area contributed by atoms with Gasteiger partial charge in [-0.3, -0.25) is 10.1 Å². The summed E-state index contributed by atoms with van der Waals surface area (Å²) in [4.78, 5) is 21.9. The van der Waals surface area contributed by atoms with Crippen molar-refractivity contribution in [3.8, 4) is 44.5 Å². The zero-order valence-electron chi connectivity index (χ0n) is 29.8. The lowest BCUT2D eigenvalue weighted by atomic mass is 10.0. The van der Waals surface area contributed by atoms with Crippen LogP contribution in [0.5, 0.6) is 0 Å². The smallest absolute Gasteiger partial charge is 0.269 e. The van der Waals surface area contributed by atoms with Crippen molar-refractivity contribution in [2.24, 2.45) is 0 Å². The van der Waals surface area contributed by atoms with Crippen LogP contribution in [-0.2, 0) is 0 Å². The highest BCUT2D eigenvalue weighted by Crippen LogP contribution is 2.42. The molecule has 6 nitrogen and oxygen atoms in total. The van der Waals surface area contributed by atoms with E-state index in [0.29, 0.717) is 11.2 Å². The van der Waals surface area contributed by atoms with Crippen molar-refractivity contribution in [1.29, 1.82) is 0 Å². The van der Waals surface area contributed by atoms with Crippen molar-refractivity contribution < 1.29 is 9.34 Å². The van der Waals surface area contributed by atoms with Crippen LogP contribution in [0.4, 0.5) is 5.69 Å². The third kappa shape index (κ3) is 6.04.